The second-order valence-electron chi connectivity index (χ2n) is 4.46. The second kappa shape index (κ2) is 3.83. The van der Waals surface area contributed by atoms with Gasteiger partial charge >= 0.3 is 11.9 Å². The predicted octanol–water partition coefficient (Wildman–Crippen LogP) is 1.28. The molecule has 0 amide bonds. The zero-order chi connectivity index (χ0) is 11.0. The Hall–Kier alpha value is -1.06. The van der Waals surface area contributed by atoms with Crippen molar-refractivity contribution in [2.45, 2.75) is 45.3 Å². The van der Waals surface area contributed by atoms with E-state index in [1.54, 1.807) is 0 Å². The first-order valence-electron chi connectivity index (χ1n) is 5.42. The van der Waals surface area contributed by atoms with Gasteiger partial charge < -0.3 is 9.47 Å². The normalized spacial score (nSPS) is 37.7. The van der Waals surface area contributed by atoms with Crippen LogP contribution < -0.4 is 0 Å². The summed E-state index contributed by atoms with van der Waals surface area (Å²) in [6.07, 6.45) is 2.88. The molecule has 2 fully saturated rings. The third kappa shape index (κ3) is 1.98. The van der Waals surface area contributed by atoms with Crippen molar-refractivity contribution in [2.75, 3.05) is 0 Å². The Kier molecular flexibility index (Phi) is 2.67. The lowest BCUT2D eigenvalue weighted by Gasteiger charge is -2.21. The first-order chi connectivity index (χ1) is 7.08. The summed E-state index contributed by atoms with van der Waals surface area (Å²) < 4.78 is 10.5. The van der Waals surface area contributed by atoms with Crippen molar-refractivity contribution in [3.8, 4) is 0 Å². The van der Waals surface area contributed by atoms with Crippen molar-refractivity contribution in [1.29, 1.82) is 0 Å². The molecule has 84 valence electrons. The summed E-state index contributed by atoms with van der Waals surface area (Å²) in [6, 6.07) is 0. The minimum Gasteiger partial charge on any atom is -0.462 e. The van der Waals surface area contributed by atoms with Gasteiger partial charge in [-0.1, -0.05) is 0 Å². The Morgan fingerprint density at radius 2 is 1.73 bits per heavy atom. The van der Waals surface area contributed by atoms with Crippen LogP contribution in [-0.4, -0.2) is 24.1 Å². The van der Waals surface area contributed by atoms with Crippen molar-refractivity contribution >= 4 is 11.9 Å². The van der Waals surface area contributed by atoms with Gasteiger partial charge in [-0.05, 0) is 25.2 Å². The fourth-order valence-electron chi connectivity index (χ4n) is 2.93. The van der Waals surface area contributed by atoms with Gasteiger partial charge in [0.05, 0.1) is 0 Å². The number of carbonyl (C=O) groups excluding carboxylic acids is 2. The highest BCUT2D eigenvalue weighted by Gasteiger charge is 2.51. The second-order valence-corrected chi connectivity index (χ2v) is 4.46. The Balaban J connectivity index is 1.99. The van der Waals surface area contributed by atoms with Crippen LogP contribution in [0, 0.1) is 11.8 Å². The zero-order valence-corrected chi connectivity index (χ0v) is 9.06. The lowest BCUT2D eigenvalue weighted by atomic mass is 9.98. The minimum atomic E-state index is -0.242. The molecule has 0 unspecified atom stereocenters. The molecule has 0 aromatic heterocycles. The molecule has 0 aromatic rings. The zero-order valence-electron chi connectivity index (χ0n) is 9.06. The van der Waals surface area contributed by atoms with Crippen LogP contribution in [0.3, 0.4) is 0 Å². The molecule has 0 saturated heterocycles. The maximum atomic E-state index is 10.9. The molecule has 0 N–H and O–H groups in total. The number of rotatable bonds is 2. The van der Waals surface area contributed by atoms with Crippen LogP contribution in [0.1, 0.15) is 33.1 Å². The first-order valence-corrected chi connectivity index (χ1v) is 5.42. The van der Waals surface area contributed by atoms with E-state index in [2.05, 4.69) is 0 Å². The van der Waals surface area contributed by atoms with E-state index < -0.39 is 0 Å². The molecule has 4 atom stereocenters. The molecule has 0 aliphatic heterocycles. The molecular formula is C11H16O4. The van der Waals surface area contributed by atoms with Crippen molar-refractivity contribution < 1.29 is 19.1 Å². The lowest BCUT2D eigenvalue weighted by Crippen LogP contribution is -2.27. The van der Waals surface area contributed by atoms with Gasteiger partial charge in [0.15, 0.2) is 0 Å². The highest BCUT2D eigenvalue weighted by Crippen LogP contribution is 2.47. The molecule has 2 aliphatic carbocycles. The lowest BCUT2D eigenvalue weighted by molar-refractivity contribution is -0.152. The van der Waals surface area contributed by atoms with Crippen LogP contribution in [0.5, 0.6) is 0 Å². The van der Waals surface area contributed by atoms with E-state index in [0.717, 1.165) is 19.3 Å². The fraction of sp³-hybridized carbons (Fsp3) is 0.818. The molecular weight excluding hydrogens is 196 g/mol. The molecule has 2 rings (SSSR count). The summed E-state index contributed by atoms with van der Waals surface area (Å²) in [6.45, 7) is 2.85. The molecule has 4 heteroatoms. The van der Waals surface area contributed by atoms with Gasteiger partial charge in [0.2, 0.25) is 0 Å². The molecule has 0 spiro atoms. The van der Waals surface area contributed by atoms with E-state index in [1.807, 2.05) is 0 Å². The molecule has 2 bridgehead atoms. The number of esters is 2. The molecule has 4 nitrogen and oxygen atoms in total. The van der Waals surface area contributed by atoms with Crippen LogP contribution in [0.25, 0.3) is 0 Å². The molecule has 2 aliphatic rings. The van der Waals surface area contributed by atoms with E-state index in [1.165, 1.54) is 13.8 Å². The van der Waals surface area contributed by atoms with E-state index in [4.69, 9.17) is 9.47 Å². The average molecular weight is 212 g/mol. The number of hydrogen-bond acceptors (Lipinski definition) is 4. The number of carbonyl (C=O) groups is 2. The molecule has 0 aromatic carbocycles. The van der Waals surface area contributed by atoms with Crippen molar-refractivity contribution in [1.82, 2.24) is 0 Å². The predicted molar refractivity (Wildman–Crippen MR) is 51.9 cm³/mol. The summed E-state index contributed by atoms with van der Waals surface area (Å²) >= 11 is 0. The van der Waals surface area contributed by atoms with Crippen LogP contribution in [-0.2, 0) is 19.1 Å². The van der Waals surface area contributed by atoms with Crippen molar-refractivity contribution in [3.05, 3.63) is 0 Å². The van der Waals surface area contributed by atoms with E-state index in [-0.39, 0.29) is 30.1 Å². The highest BCUT2D eigenvalue weighted by molar-refractivity contribution is 5.67. The fourth-order valence-corrected chi connectivity index (χ4v) is 2.93. The van der Waals surface area contributed by atoms with Gasteiger partial charge in [-0.15, -0.1) is 0 Å². The van der Waals surface area contributed by atoms with Crippen LogP contribution >= 0.6 is 0 Å². The van der Waals surface area contributed by atoms with Crippen LogP contribution in [0.15, 0.2) is 0 Å². The molecule has 15 heavy (non-hydrogen) atoms. The van der Waals surface area contributed by atoms with E-state index >= 15 is 0 Å². The SMILES string of the molecule is CC(=O)O[C@@H]1[C@@H]2CC[C@@H]1[C@H](OC(C)=O)C2. The Morgan fingerprint density at radius 1 is 1.07 bits per heavy atom. The van der Waals surface area contributed by atoms with Gasteiger partial charge in [0, 0.05) is 19.8 Å². The van der Waals surface area contributed by atoms with Crippen LogP contribution in [0.4, 0.5) is 0 Å². The molecule has 0 heterocycles. The summed E-state index contributed by atoms with van der Waals surface area (Å²) in [7, 11) is 0. The minimum absolute atomic E-state index is 0.0214. The molecule has 2 saturated carbocycles. The topological polar surface area (TPSA) is 52.6 Å². The maximum Gasteiger partial charge on any atom is 0.302 e. The molecule has 0 radical (unpaired) electrons. The maximum absolute atomic E-state index is 10.9. The van der Waals surface area contributed by atoms with Gasteiger partial charge in [0.1, 0.15) is 12.2 Å². The largest absolute Gasteiger partial charge is 0.462 e. The summed E-state index contributed by atoms with van der Waals surface area (Å²) in [5.41, 5.74) is 0. The number of hydrogen-bond donors (Lipinski definition) is 0. The van der Waals surface area contributed by atoms with Crippen LogP contribution in [0.2, 0.25) is 0 Å². The summed E-state index contributed by atoms with van der Waals surface area (Å²) in [5.74, 6) is 0.139. The smallest absolute Gasteiger partial charge is 0.302 e. The van der Waals surface area contributed by atoms with Gasteiger partial charge in [-0.25, -0.2) is 0 Å². The number of fused-ring (bicyclic) bond motifs is 2. The Morgan fingerprint density at radius 3 is 2.33 bits per heavy atom. The third-order valence-electron chi connectivity index (χ3n) is 3.39. The average Bonchev–Trinajstić information content (AvgIpc) is 2.60. The van der Waals surface area contributed by atoms with Gasteiger partial charge in [0.25, 0.3) is 0 Å². The number of ether oxygens (including phenoxy) is 2. The van der Waals surface area contributed by atoms with Crippen molar-refractivity contribution in [2.24, 2.45) is 11.8 Å². The standard InChI is InChI=1S/C11H16O4/c1-6(12)14-10-5-8-3-4-9(10)11(8)15-7(2)13/h8-11H,3-5H2,1-2H3/t8-,9-,10-,11-/m1/s1. The Bertz CT molecular complexity index is 286. The monoisotopic (exact) mass is 212 g/mol. The van der Waals surface area contributed by atoms with E-state index in [9.17, 15) is 9.59 Å². The summed E-state index contributed by atoms with van der Waals surface area (Å²) in [4.78, 5) is 21.8. The Labute approximate surface area is 88.9 Å². The van der Waals surface area contributed by atoms with Crippen molar-refractivity contribution in [3.63, 3.8) is 0 Å². The van der Waals surface area contributed by atoms with E-state index in [0.29, 0.717) is 5.92 Å². The quantitative estimate of drug-likeness (QED) is 0.647. The van der Waals surface area contributed by atoms with Gasteiger partial charge in [-0.3, -0.25) is 9.59 Å². The summed E-state index contributed by atoms with van der Waals surface area (Å²) in [5, 5.41) is 0. The third-order valence-corrected chi connectivity index (χ3v) is 3.39. The highest BCUT2D eigenvalue weighted by atomic mass is 16.6. The van der Waals surface area contributed by atoms with Gasteiger partial charge in [-0.2, -0.15) is 0 Å². The first kappa shape index (κ1) is 10.5.